The number of aliphatic imine (C=N–C) groups is 1. The number of carbonyl (C=O) groups excluding carboxylic acids is 1. The Labute approximate surface area is 167 Å². The van der Waals surface area contributed by atoms with Crippen molar-refractivity contribution in [2.24, 2.45) is 4.99 Å². The number of thioether (sulfide) groups is 1. The van der Waals surface area contributed by atoms with Crippen LogP contribution in [-0.2, 0) is 20.8 Å². The molecule has 2 unspecified atom stereocenters. The second-order valence-corrected chi connectivity index (χ2v) is 7.04. The molecule has 7 nitrogen and oxygen atoms in total. The van der Waals surface area contributed by atoms with Crippen LogP contribution >= 0.6 is 11.8 Å². The number of nitrogens with zero attached hydrogens (tertiary/aromatic N) is 1. The summed E-state index contributed by atoms with van der Waals surface area (Å²) in [5, 5.41) is 20.5. The monoisotopic (exact) mass is 401 g/mol. The van der Waals surface area contributed by atoms with E-state index in [1.165, 1.54) is 11.8 Å². The highest BCUT2D eigenvalue weighted by Crippen LogP contribution is 2.27. The Bertz CT molecular complexity index is 817. The van der Waals surface area contributed by atoms with Crippen molar-refractivity contribution in [3.8, 4) is 0 Å². The molecule has 0 aliphatic carbocycles. The smallest absolute Gasteiger partial charge is 0.354 e. The molecule has 1 amide bonds. The van der Waals surface area contributed by atoms with Crippen LogP contribution in [0, 0.1) is 6.92 Å². The van der Waals surface area contributed by atoms with Crippen molar-refractivity contribution < 1.29 is 24.6 Å². The van der Waals surface area contributed by atoms with Gasteiger partial charge in [0.1, 0.15) is 17.5 Å². The summed E-state index contributed by atoms with van der Waals surface area (Å²) in [7, 11) is 0. The van der Waals surface area contributed by atoms with Gasteiger partial charge in [0.05, 0.1) is 13.3 Å². The number of allylic oxidation sites excluding steroid dienone is 3. The van der Waals surface area contributed by atoms with E-state index >= 15 is 0 Å². The van der Waals surface area contributed by atoms with Gasteiger partial charge in [-0.25, -0.2) is 9.59 Å². The minimum absolute atomic E-state index is 0.0263. The number of hydrogen-bond donors (Lipinski definition) is 3. The van der Waals surface area contributed by atoms with Gasteiger partial charge in [0, 0.05) is 5.75 Å². The van der Waals surface area contributed by atoms with Crippen LogP contribution in [0.3, 0.4) is 0 Å². The number of hydrogen-bond acceptors (Lipinski definition) is 5. The third-order valence-electron chi connectivity index (χ3n) is 3.85. The first-order chi connectivity index (χ1) is 13.4. The molecule has 0 bridgehead atoms. The van der Waals surface area contributed by atoms with Crippen LogP contribution in [0.2, 0.25) is 0 Å². The fourth-order valence-electron chi connectivity index (χ4n) is 2.52. The van der Waals surface area contributed by atoms with Gasteiger partial charge in [-0.1, -0.05) is 42.5 Å². The molecule has 3 N–H and O–H groups in total. The van der Waals surface area contributed by atoms with Crippen molar-refractivity contribution in [3.05, 3.63) is 66.6 Å². The normalized spacial score (nSPS) is 19.2. The molecule has 0 fully saturated rings. The highest BCUT2D eigenvalue weighted by molar-refractivity contribution is 8.00. The van der Waals surface area contributed by atoms with Crippen molar-refractivity contribution in [1.82, 2.24) is 5.32 Å². The van der Waals surface area contributed by atoms with Gasteiger partial charge >= 0.3 is 11.9 Å². The van der Waals surface area contributed by atoms with Gasteiger partial charge in [-0.3, -0.25) is 9.79 Å². The topological polar surface area (TPSA) is 116 Å². The number of carboxylic acid groups (broad SMARTS) is 2. The molecule has 1 aliphatic heterocycles. The van der Waals surface area contributed by atoms with Crippen molar-refractivity contribution in [3.63, 3.8) is 0 Å². The summed E-state index contributed by atoms with van der Waals surface area (Å²) in [5.41, 5.74) is 1.04. The van der Waals surface area contributed by atoms with Gasteiger partial charge in [0.15, 0.2) is 6.04 Å². The van der Waals surface area contributed by atoms with E-state index in [2.05, 4.69) is 17.2 Å². The lowest BCUT2D eigenvalue weighted by atomic mass is 10.1. The van der Waals surface area contributed by atoms with Crippen LogP contribution in [0.5, 0.6) is 0 Å². The summed E-state index contributed by atoms with van der Waals surface area (Å²) in [6, 6.07) is 7.60. The fraction of sp³-hybridized carbons (Fsp3) is 0.250. The Hall–Kier alpha value is -3.00. The van der Waals surface area contributed by atoms with E-state index in [0.717, 1.165) is 5.56 Å². The molecule has 0 radical (unpaired) electrons. The summed E-state index contributed by atoms with van der Waals surface area (Å²) in [6.45, 7) is 3.66. The number of rotatable bonds is 8. The Kier molecular flexibility index (Phi) is 7.88. The van der Waals surface area contributed by atoms with Crippen molar-refractivity contribution in [2.75, 3.05) is 5.75 Å². The zero-order chi connectivity index (χ0) is 20.5. The Morgan fingerprint density at radius 1 is 1.29 bits per heavy atom. The zero-order valence-corrected chi connectivity index (χ0v) is 15.9. The molecule has 2 rings (SSSR count). The van der Waals surface area contributed by atoms with Crippen molar-refractivity contribution in [1.29, 1.82) is 0 Å². The van der Waals surface area contributed by atoms with Crippen molar-refractivity contribution >= 4 is 35.3 Å². The number of carbonyl (C=O) groups is 3. The first-order valence-electron chi connectivity index (χ1n) is 8.56. The fourth-order valence-corrected chi connectivity index (χ4v) is 3.66. The minimum atomic E-state index is -1.33. The van der Waals surface area contributed by atoms with E-state index in [-0.39, 0.29) is 17.9 Å². The standard InChI is InChI=1S/C20H20N2O5S/c1-2-3-5-10-14-12-28-18(22-16(14)19(24)25)17(20(26)27)21-15(23)11-13-8-6-4-7-9-13/h3-10,17-18H,1-2,11-12H2,(H2-,21,23,24,25,26,27)/p+1/b5-3+,14-10+. The van der Waals surface area contributed by atoms with E-state index < -0.39 is 29.3 Å². The molecule has 0 spiro atoms. The molecule has 1 aliphatic rings. The van der Waals surface area contributed by atoms with E-state index in [1.54, 1.807) is 42.5 Å². The third-order valence-corrected chi connectivity index (χ3v) is 5.04. The van der Waals surface area contributed by atoms with E-state index in [9.17, 15) is 24.6 Å². The lowest BCUT2D eigenvalue weighted by Crippen LogP contribution is -2.49. The van der Waals surface area contributed by atoms with Crippen LogP contribution in [0.4, 0.5) is 0 Å². The highest BCUT2D eigenvalue weighted by Gasteiger charge is 2.34. The summed E-state index contributed by atoms with van der Waals surface area (Å²) < 4.78 is 0. The van der Waals surface area contributed by atoms with Gasteiger partial charge in [-0.05, 0) is 17.2 Å². The summed E-state index contributed by atoms with van der Waals surface area (Å²) in [5.74, 6) is -2.70. The van der Waals surface area contributed by atoms with E-state index in [0.29, 0.717) is 12.0 Å². The molecular formula is C20H21N2O5S+. The quantitative estimate of drug-likeness (QED) is 0.575. The van der Waals surface area contributed by atoms with Gasteiger partial charge in [0.2, 0.25) is 5.91 Å². The van der Waals surface area contributed by atoms with Gasteiger partial charge in [-0.2, -0.15) is 0 Å². The van der Waals surface area contributed by atoms with E-state index in [1.807, 2.05) is 6.07 Å². The van der Waals surface area contributed by atoms with Crippen LogP contribution in [0.1, 0.15) is 12.0 Å². The van der Waals surface area contributed by atoms with Crippen LogP contribution in [0.25, 0.3) is 0 Å². The Morgan fingerprint density at radius 2 is 2.00 bits per heavy atom. The highest BCUT2D eigenvalue weighted by atomic mass is 32.2. The zero-order valence-electron chi connectivity index (χ0n) is 15.1. The second kappa shape index (κ2) is 10.4. The van der Waals surface area contributed by atoms with Crippen LogP contribution < -0.4 is 5.32 Å². The second-order valence-electron chi connectivity index (χ2n) is 5.94. The average molecular weight is 401 g/mol. The van der Waals surface area contributed by atoms with Crippen LogP contribution in [0.15, 0.2) is 59.1 Å². The molecule has 28 heavy (non-hydrogen) atoms. The number of carboxylic acids is 2. The van der Waals surface area contributed by atoms with E-state index in [4.69, 9.17) is 0 Å². The summed E-state index contributed by atoms with van der Waals surface area (Å²) >= 11 is 1.17. The molecule has 0 saturated heterocycles. The minimum Gasteiger partial charge on any atom is -0.480 e. The molecule has 2 atom stereocenters. The molecule has 0 saturated carbocycles. The maximum atomic E-state index is 12.2. The lowest BCUT2D eigenvalue weighted by molar-refractivity contribution is -0.141. The molecule has 1 aromatic rings. The lowest BCUT2D eigenvalue weighted by Gasteiger charge is -2.26. The summed E-state index contributed by atoms with van der Waals surface area (Å²) in [4.78, 5) is 39.6. The predicted octanol–water partition coefficient (Wildman–Crippen LogP) is 2.10. The van der Waals surface area contributed by atoms with Crippen molar-refractivity contribution in [2.45, 2.75) is 24.3 Å². The van der Waals surface area contributed by atoms with Gasteiger partial charge in [0.25, 0.3) is 0 Å². The largest absolute Gasteiger partial charge is 0.480 e. The van der Waals surface area contributed by atoms with Crippen LogP contribution in [-0.4, -0.2) is 50.9 Å². The maximum Gasteiger partial charge on any atom is 0.354 e. The molecular weight excluding hydrogens is 380 g/mol. The number of nitrogens with one attached hydrogen (secondary N) is 1. The molecule has 0 aromatic heterocycles. The number of amides is 1. The molecule has 146 valence electrons. The average Bonchev–Trinajstić information content (AvgIpc) is 2.67. The predicted molar refractivity (Wildman–Crippen MR) is 108 cm³/mol. The third kappa shape index (κ3) is 6.02. The number of aliphatic carboxylic acids is 2. The molecule has 1 aromatic carbocycles. The molecule has 8 heteroatoms. The van der Waals surface area contributed by atoms with Gasteiger partial charge in [-0.15, -0.1) is 11.8 Å². The Balaban J connectivity index is 2.17. The first kappa shape index (κ1) is 21.3. The SMILES string of the molecule is [CH2+]C/C=C/C=C1\CSC(C(NC(=O)Cc2ccccc2)C(=O)O)N=C1C(=O)O. The first-order valence-corrected chi connectivity index (χ1v) is 9.61. The molecule has 1 heterocycles. The maximum absolute atomic E-state index is 12.2. The van der Waals surface area contributed by atoms with Gasteiger partial charge < -0.3 is 15.5 Å². The Morgan fingerprint density at radius 3 is 2.61 bits per heavy atom. The number of benzene rings is 1. The summed E-state index contributed by atoms with van der Waals surface area (Å²) in [6.07, 6.45) is 5.68.